The summed E-state index contributed by atoms with van der Waals surface area (Å²) in [6.45, 7) is 4.73. The zero-order valence-corrected chi connectivity index (χ0v) is 11.7. The molecule has 5 atom stereocenters. The Morgan fingerprint density at radius 1 is 1.16 bits per heavy atom. The van der Waals surface area contributed by atoms with E-state index in [0.717, 1.165) is 32.1 Å². The molecule has 0 aromatic rings. The lowest BCUT2D eigenvalue weighted by Gasteiger charge is -2.63. The zero-order chi connectivity index (χ0) is 13.3. The molecule has 4 rings (SSSR count). The van der Waals surface area contributed by atoms with E-state index in [1.54, 1.807) is 0 Å². The second kappa shape index (κ2) is 3.73. The number of carbonyl (C=O) groups is 1. The van der Waals surface area contributed by atoms with Crippen molar-refractivity contribution in [2.75, 3.05) is 6.61 Å². The first-order valence-electron chi connectivity index (χ1n) is 7.61. The van der Waals surface area contributed by atoms with Crippen molar-refractivity contribution < 1.29 is 19.0 Å². The molecule has 0 aromatic carbocycles. The van der Waals surface area contributed by atoms with Crippen LogP contribution in [0.1, 0.15) is 46.0 Å². The van der Waals surface area contributed by atoms with Crippen LogP contribution in [0.15, 0.2) is 0 Å². The fraction of sp³-hybridized carbons (Fsp3) is 0.933. The third-order valence-corrected chi connectivity index (χ3v) is 6.03. The van der Waals surface area contributed by atoms with E-state index in [1.165, 1.54) is 0 Å². The molecule has 0 aromatic heterocycles. The molecule has 4 heteroatoms. The van der Waals surface area contributed by atoms with Gasteiger partial charge in [0.2, 0.25) is 0 Å². The number of carbonyl (C=O) groups excluding carboxylic acids is 1. The number of ether oxygens (including phenoxy) is 3. The molecule has 2 saturated heterocycles. The highest BCUT2D eigenvalue weighted by atomic mass is 16.8. The fourth-order valence-corrected chi connectivity index (χ4v) is 4.93. The maximum atomic E-state index is 12.4. The molecule has 3 unspecified atom stereocenters. The minimum atomic E-state index is -0.510. The minimum absolute atomic E-state index is 0.0125. The molecule has 4 nitrogen and oxygen atoms in total. The number of cyclic esters (lactones) is 1. The molecule has 0 N–H and O–H groups in total. The van der Waals surface area contributed by atoms with Gasteiger partial charge in [0.15, 0.2) is 5.79 Å². The predicted molar refractivity (Wildman–Crippen MR) is 67.3 cm³/mol. The van der Waals surface area contributed by atoms with E-state index in [-0.39, 0.29) is 29.5 Å². The second-order valence-corrected chi connectivity index (χ2v) is 6.76. The van der Waals surface area contributed by atoms with Crippen molar-refractivity contribution >= 4 is 5.97 Å². The van der Waals surface area contributed by atoms with Crippen molar-refractivity contribution in [1.29, 1.82) is 0 Å². The normalized spacial score (nSPS) is 51.2. The highest BCUT2D eigenvalue weighted by Crippen LogP contribution is 2.67. The third-order valence-electron chi connectivity index (χ3n) is 6.03. The fourth-order valence-electron chi connectivity index (χ4n) is 4.93. The monoisotopic (exact) mass is 266 g/mol. The van der Waals surface area contributed by atoms with E-state index in [4.69, 9.17) is 14.2 Å². The molecule has 2 spiro atoms. The van der Waals surface area contributed by atoms with Crippen molar-refractivity contribution in [2.45, 2.75) is 63.9 Å². The summed E-state index contributed by atoms with van der Waals surface area (Å²) in [4.78, 5) is 12.4. The standard InChI is InChI=1S/C15H22O4/c1-9-10(2)19-15(18-9)6-3-5-14-11(8-12(14)15)4-7-17-13(14)16/h9-12H,3-8H2,1-2H3/t9-,10-,11?,12?,14?/m1/s1. The first-order valence-corrected chi connectivity index (χ1v) is 7.61. The number of rotatable bonds is 0. The lowest BCUT2D eigenvalue weighted by molar-refractivity contribution is -0.308. The van der Waals surface area contributed by atoms with Crippen LogP contribution in [0.2, 0.25) is 0 Å². The van der Waals surface area contributed by atoms with Gasteiger partial charge in [-0.25, -0.2) is 0 Å². The molecule has 2 aliphatic carbocycles. The Bertz CT molecular complexity index is 410. The first kappa shape index (κ1) is 12.2. The summed E-state index contributed by atoms with van der Waals surface area (Å²) >= 11 is 0. The Morgan fingerprint density at radius 3 is 2.58 bits per heavy atom. The predicted octanol–water partition coefficient (Wildman–Crippen LogP) is 2.26. The maximum Gasteiger partial charge on any atom is 0.312 e. The second-order valence-electron chi connectivity index (χ2n) is 6.76. The van der Waals surface area contributed by atoms with Gasteiger partial charge in [-0.2, -0.15) is 0 Å². The van der Waals surface area contributed by atoms with E-state index < -0.39 is 5.79 Å². The molecule has 0 bridgehead atoms. The van der Waals surface area contributed by atoms with Crippen LogP contribution < -0.4 is 0 Å². The van der Waals surface area contributed by atoms with Gasteiger partial charge in [-0.3, -0.25) is 4.79 Å². The molecule has 2 heterocycles. The van der Waals surface area contributed by atoms with E-state index >= 15 is 0 Å². The summed E-state index contributed by atoms with van der Waals surface area (Å²) in [6, 6.07) is 0. The molecule has 0 amide bonds. The average molecular weight is 266 g/mol. The SMILES string of the molecule is C[C@H]1OC2(CCCC34C(=O)OCCC3CC24)O[C@@H]1C. The van der Waals surface area contributed by atoms with Gasteiger partial charge in [-0.15, -0.1) is 0 Å². The minimum Gasteiger partial charge on any atom is -0.465 e. The Hall–Kier alpha value is -0.610. The van der Waals surface area contributed by atoms with Gasteiger partial charge in [-0.1, -0.05) is 0 Å². The van der Waals surface area contributed by atoms with Gasteiger partial charge in [-0.05, 0) is 45.4 Å². The first-order chi connectivity index (χ1) is 9.08. The Balaban J connectivity index is 1.69. The molecule has 4 aliphatic rings. The highest BCUT2D eigenvalue weighted by molar-refractivity contribution is 5.80. The molecule has 2 aliphatic heterocycles. The largest absolute Gasteiger partial charge is 0.465 e. The van der Waals surface area contributed by atoms with Gasteiger partial charge >= 0.3 is 5.97 Å². The van der Waals surface area contributed by atoms with Crippen LogP contribution in [0.5, 0.6) is 0 Å². The average Bonchev–Trinajstić information content (AvgIpc) is 2.61. The smallest absolute Gasteiger partial charge is 0.312 e. The van der Waals surface area contributed by atoms with Gasteiger partial charge in [0.1, 0.15) is 0 Å². The summed E-state index contributed by atoms with van der Waals surface area (Å²) < 4.78 is 17.8. The van der Waals surface area contributed by atoms with Crippen molar-refractivity contribution in [3.63, 3.8) is 0 Å². The van der Waals surface area contributed by atoms with Crippen LogP contribution in [0.25, 0.3) is 0 Å². The quantitative estimate of drug-likeness (QED) is 0.631. The number of hydrogen-bond donors (Lipinski definition) is 0. The van der Waals surface area contributed by atoms with Crippen molar-refractivity contribution in [2.24, 2.45) is 17.3 Å². The molecule has 2 saturated carbocycles. The molecule has 106 valence electrons. The van der Waals surface area contributed by atoms with Crippen LogP contribution in [0.4, 0.5) is 0 Å². The number of hydrogen-bond acceptors (Lipinski definition) is 4. The summed E-state index contributed by atoms with van der Waals surface area (Å²) in [6.07, 6.45) is 5.20. The summed E-state index contributed by atoms with van der Waals surface area (Å²) in [5, 5.41) is 0. The Labute approximate surface area is 113 Å². The molecular weight excluding hydrogens is 244 g/mol. The Kier molecular flexibility index (Phi) is 2.39. The molecule has 4 fully saturated rings. The zero-order valence-electron chi connectivity index (χ0n) is 11.7. The van der Waals surface area contributed by atoms with Gasteiger partial charge in [0, 0.05) is 12.3 Å². The third kappa shape index (κ3) is 1.34. The van der Waals surface area contributed by atoms with Crippen LogP contribution in [-0.2, 0) is 19.0 Å². The van der Waals surface area contributed by atoms with Crippen LogP contribution in [0.3, 0.4) is 0 Å². The molecular formula is C15H22O4. The molecule has 19 heavy (non-hydrogen) atoms. The molecule has 0 radical (unpaired) electrons. The Morgan fingerprint density at radius 2 is 1.89 bits per heavy atom. The number of esters is 1. The topological polar surface area (TPSA) is 44.8 Å². The highest BCUT2D eigenvalue weighted by Gasteiger charge is 2.72. The van der Waals surface area contributed by atoms with Crippen molar-refractivity contribution in [3.8, 4) is 0 Å². The van der Waals surface area contributed by atoms with Gasteiger partial charge in [0.05, 0.1) is 24.2 Å². The summed E-state index contributed by atoms with van der Waals surface area (Å²) in [5.41, 5.74) is -0.291. The van der Waals surface area contributed by atoms with Crippen LogP contribution in [-0.4, -0.2) is 30.6 Å². The van der Waals surface area contributed by atoms with E-state index in [2.05, 4.69) is 13.8 Å². The van der Waals surface area contributed by atoms with Gasteiger partial charge < -0.3 is 14.2 Å². The van der Waals surface area contributed by atoms with E-state index in [9.17, 15) is 4.79 Å². The van der Waals surface area contributed by atoms with Crippen molar-refractivity contribution in [3.05, 3.63) is 0 Å². The maximum absolute atomic E-state index is 12.4. The van der Waals surface area contributed by atoms with Crippen molar-refractivity contribution in [1.82, 2.24) is 0 Å². The van der Waals surface area contributed by atoms with Crippen LogP contribution in [0, 0.1) is 17.3 Å². The van der Waals surface area contributed by atoms with Crippen LogP contribution >= 0.6 is 0 Å². The summed E-state index contributed by atoms with van der Waals surface area (Å²) in [7, 11) is 0. The number of fused-ring (bicyclic) bond motifs is 1. The van der Waals surface area contributed by atoms with E-state index in [0.29, 0.717) is 12.5 Å². The summed E-state index contributed by atoms with van der Waals surface area (Å²) in [5.74, 6) is 0.205. The lowest BCUT2D eigenvalue weighted by Crippen LogP contribution is -2.67. The van der Waals surface area contributed by atoms with Gasteiger partial charge in [0.25, 0.3) is 0 Å². The van der Waals surface area contributed by atoms with E-state index in [1.807, 2.05) is 0 Å². The lowest BCUT2D eigenvalue weighted by atomic mass is 9.44.